The van der Waals surface area contributed by atoms with Gasteiger partial charge in [-0.25, -0.2) is 0 Å². The van der Waals surface area contributed by atoms with Crippen LogP contribution in [0.15, 0.2) is 24.3 Å². The van der Waals surface area contributed by atoms with E-state index in [1.54, 1.807) is 11.0 Å². The first kappa shape index (κ1) is 21.1. The zero-order valence-corrected chi connectivity index (χ0v) is 17.8. The van der Waals surface area contributed by atoms with Gasteiger partial charge in [-0.15, -0.1) is 0 Å². The number of nitrogens with one attached hydrogen (secondary N) is 1. The molecule has 1 aromatic heterocycles. The number of aromatic nitrogens is 1. The normalized spacial score (nSPS) is 20.0. The van der Waals surface area contributed by atoms with E-state index < -0.39 is 5.91 Å². The number of nitriles is 1. The van der Waals surface area contributed by atoms with Gasteiger partial charge in [-0.05, 0) is 56.9 Å². The minimum atomic E-state index is -0.482. The van der Waals surface area contributed by atoms with Crippen LogP contribution < -0.4 is 11.1 Å². The third-order valence-corrected chi connectivity index (χ3v) is 6.29. The predicted molar refractivity (Wildman–Crippen MR) is 118 cm³/mol. The van der Waals surface area contributed by atoms with Crippen LogP contribution in [0.2, 0.25) is 0 Å². The number of aryl methyl sites for hydroxylation is 1. The summed E-state index contributed by atoms with van der Waals surface area (Å²) in [6.07, 6.45) is 3.51. The Bertz CT molecular complexity index is 1040. The maximum absolute atomic E-state index is 12.6. The Kier molecular flexibility index (Phi) is 6.05. The number of hydrogen-bond donors (Lipinski definition) is 2. The number of benzene rings is 1. The van der Waals surface area contributed by atoms with Crippen molar-refractivity contribution >= 4 is 28.4 Å². The number of carbonyl (C=O) groups excluding carboxylic acids is 2. The molecule has 0 spiro atoms. The maximum atomic E-state index is 12.6. The summed E-state index contributed by atoms with van der Waals surface area (Å²) in [6.45, 7) is 4.61. The smallest absolute Gasteiger partial charge is 0.250 e. The number of piperidine rings is 1. The van der Waals surface area contributed by atoms with Gasteiger partial charge < -0.3 is 16.0 Å². The summed E-state index contributed by atoms with van der Waals surface area (Å²) in [6, 6.07) is 9.78. The van der Waals surface area contributed by atoms with E-state index in [9.17, 15) is 14.9 Å². The van der Waals surface area contributed by atoms with E-state index in [0.29, 0.717) is 24.2 Å². The molecule has 4 rings (SSSR count). The van der Waals surface area contributed by atoms with Gasteiger partial charge >= 0.3 is 0 Å². The summed E-state index contributed by atoms with van der Waals surface area (Å²) in [4.78, 5) is 32.8. The van der Waals surface area contributed by atoms with Crippen molar-refractivity contribution in [2.24, 2.45) is 5.73 Å². The molecule has 2 amide bonds. The molecule has 0 saturated carbocycles. The number of amides is 2. The van der Waals surface area contributed by atoms with Crippen molar-refractivity contribution in [1.82, 2.24) is 14.8 Å². The fourth-order valence-corrected chi connectivity index (χ4v) is 4.58. The lowest BCUT2D eigenvalue weighted by atomic mass is 10.0. The third kappa shape index (κ3) is 4.47. The molecule has 8 heteroatoms. The number of pyridine rings is 1. The second kappa shape index (κ2) is 8.90. The van der Waals surface area contributed by atoms with Crippen LogP contribution in [0.1, 0.15) is 41.7 Å². The molecule has 8 nitrogen and oxygen atoms in total. The second-order valence-electron chi connectivity index (χ2n) is 8.44. The molecule has 0 aliphatic carbocycles. The van der Waals surface area contributed by atoms with E-state index >= 15 is 0 Å². The van der Waals surface area contributed by atoms with E-state index in [-0.39, 0.29) is 18.0 Å². The highest BCUT2D eigenvalue weighted by molar-refractivity contribution is 6.08. The van der Waals surface area contributed by atoms with Crippen molar-refractivity contribution in [2.45, 2.75) is 44.7 Å². The average molecular weight is 421 g/mol. The van der Waals surface area contributed by atoms with Crippen LogP contribution in [0.5, 0.6) is 0 Å². The van der Waals surface area contributed by atoms with Gasteiger partial charge in [0.15, 0.2) is 0 Å². The first-order chi connectivity index (χ1) is 15.0. The largest absolute Gasteiger partial charge is 0.382 e. The molecule has 2 fully saturated rings. The summed E-state index contributed by atoms with van der Waals surface area (Å²) in [5.41, 5.74) is 8.35. The Morgan fingerprint density at radius 2 is 1.97 bits per heavy atom. The zero-order chi connectivity index (χ0) is 22.0. The maximum Gasteiger partial charge on any atom is 0.250 e. The average Bonchev–Trinajstić information content (AvgIpc) is 3.24. The fourth-order valence-electron chi connectivity index (χ4n) is 4.58. The lowest BCUT2D eigenvalue weighted by molar-refractivity contribution is -0.132. The molecule has 162 valence electrons. The van der Waals surface area contributed by atoms with Gasteiger partial charge in [0, 0.05) is 42.4 Å². The van der Waals surface area contributed by atoms with Crippen molar-refractivity contribution in [3.05, 3.63) is 35.5 Å². The van der Waals surface area contributed by atoms with Crippen LogP contribution in [-0.4, -0.2) is 64.9 Å². The van der Waals surface area contributed by atoms with E-state index in [0.717, 1.165) is 55.5 Å². The first-order valence-electron chi connectivity index (χ1n) is 10.8. The van der Waals surface area contributed by atoms with Crippen molar-refractivity contribution in [2.75, 3.05) is 31.5 Å². The molecule has 0 bridgehead atoms. The Morgan fingerprint density at radius 3 is 2.68 bits per heavy atom. The van der Waals surface area contributed by atoms with Crippen LogP contribution in [0.3, 0.4) is 0 Å². The lowest BCUT2D eigenvalue weighted by Crippen LogP contribution is -2.46. The molecule has 0 radical (unpaired) electrons. The third-order valence-electron chi connectivity index (χ3n) is 6.29. The summed E-state index contributed by atoms with van der Waals surface area (Å²) < 4.78 is 0. The fraction of sp³-hybridized carbons (Fsp3) is 0.478. The van der Waals surface area contributed by atoms with E-state index in [2.05, 4.69) is 21.3 Å². The van der Waals surface area contributed by atoms with Crippen LogP contribution in [0.25, 0.3) is 10.9 Å². The summed E-state index contributed by atoms with van der Waals surface area (Å²) in [5, 5.41) is 13.7. The molecule has 2 aliphatic rings. The Morgan fingerprint density at radius 1 is 1.19 bits per heavy atom. The van der Waals surface area contributed by atoms with Gasteiger partial charge in [0.05, 0.1) is 23.7 Å². The molecule has 2 aromatic rings. The zero-order valence-electron chi connectivity index (χ0n) is 17.8. The number of nitrogens with zero attached hydrogens (tertiary/aromatic N) is 4. The van der Waals surface area contributed by atoms with E-state index in [1.807, 2.05) is 25.1 Å². The molecular weight excluding hydrogens is 392 g/mol. The van der Waals surface area contributed by atoms with Gasteiger partial charge in [-0.3, -0.25) is 19.5 Å². The standard InChI is InChI=1S/C23H28N6O2/c1-15-4-5-18-20(7-6-19(23(25)31)22(18)26-15)27-16-8-11-28(12-9-16)14-21(30)29-10-2-3-17(29)13-24/h4-7,16-17,27H,2-3,8-12,14H2,1H3,(H2,25,31)/t17-/m0/s1. The monoisotopic (exact) mass is 420 g/mol. The number of nitrogens with two attached hydrogens (primary N) is 1. The Hall–Kier alpha value is -3.18. The van der Waals surface area contributed by atoms with Crippen LogP contribution >= 0.6 is 0 Å². The van der Waals surface area contributed by atoms with Crippen molar-refractivity contribution in [3.8, 4) is 6.07 Å². The van der Waals surface area contributed by atoms with Crippen LogP contribution in [-0.2, 0) is 4.79 Å². The summed E-state index contributed by atoms with van der Waals surface area (Å²) in [7, 11) is 0. The van der Waals surface area contributed by atoms with Gasteiger partial charge in [-0.2, -0.15) is 5.26 Å². The Labute approximate surface area is 182 Å². The predicted octanol–water partition coefficient (Wildman–Crippen LogP) is 2.03. The molecule has 31 heavy (non-hydrogen) atoms. The van der Waals surface area contributed by atoms with Crippen LogP contribution in [0.4, 0.5) is 5.69 Å². The van der Waals surface area contributed by atoms with Crippen molar-refractivity contribution in [1.29, 1.82) is 5.26 Å². The molecule has 1 aromatic carbocycles. The highest BCUT2D eigenvalue weighted by atomic mass is 16.2. The number of carbonyl (C=O) groups is 2. The molecule has 2 aliphatic heterocycles. The number of likely N-dealkylation sites (tertiary alicyclic amines) is 2. The van der Waals surface area contributed by atoms with Crippen LogP contribution in [0, 0.1) is 18.3 Å². The minimum absolute atomic E-state index is 0.0601. The highest BCUT2D eigenvalue weighted by Gasteiger charge is 2.30. The molecule has 0 unspecified atom stereocenters. The molecular formula is C23H28N6O2. The first-order valence-corrected chi connectivity index (χ1v) is 10.8. The second-order valence-corrected chi connectivity index (χ2v) is 8.44. The molecule has 2 saturated heterocycles. The SMILES string of the molecule is Cc1ccc2c(NC3CCN(CC(=O)N4CCC[C@H]4C#N)CC3)ccc(C(N)=O)c2n1. The quantitative estimate of drug-likeness (QED) is 0.765. The highest BCUT2D eigenvalue weighted by Crippen LogP contribution is 2.28. The topological polar surface area (TPSA) is 115 Å². The van der Waals surface area contributed by atoms with Gasteiger partial charge in [0.2, 0.25) is 5.91 Å². The number of primary amides is 1. The van der Waals surface area contributed by atoms with Gasteiger partial charge in [0.25, 0.3) is 5.91 Å². The number of fused-ring (bicyclic) bond motifs is 1. The minimum Gasteiger partial charge on any atom is -0.382 e. The van der Waals surface area contributed by atoms with Crippen molar-refractivity contribution < 1.29 is 9.59 Å². The van der Waals surface area contributed by atoms with E-state index in [1.165, 1.54) is 0 Å². The summed E-state index contributed by atoms with van der Waals surface area (Å²) >= 11 is 0. The number of hydrogen-bond acceptors (Lipinski definition) is 6. The summed E-state index contributed by atoms with van der Waals surface area (Å²) in [5.74, 6) is -0.422. The van der Waals surface area contributed by atoms with E-state index in [4.69, 9.17) is 5.73 Å². The number of anilines is 1. The van der Waals surface area contributed by atoms with Gasteiger partial charge in [-0.1, -0.05) is 0 Å². The molecule has 3 N–H and O–H groups in total. The molecule has 3 heterocycles. The lowest BCUT2D eigenvalue weighted by Gasteiger charge is -2.33. The van der Waals surface area contributed by atoms with Crippen molar-refractivity contribution in [3.63, 3.8) is 0 Å². The van der Waals surface area contributed by atoms with Gasteiger partial charge in [0.1, 0.15) is 6.04 Å². The number of rotatable bonds is 5. The Balaban J connectivity index is 1.39. The molecule has 1 atom stereocenters.